The van der Waals surface area contributed by atoms with Crippen LogP contribution in [-0.2, 0) is 26.2 Å². The van der Waals surface area contributed by atoms with Crippen LogP contribution in [0.25, 0.3) is 88.1 Å². The molecule has 0 saturated heterocycles. The molecule has 18 rings (SSSR count). The van der Waals surface area contributed by atoms with E-state index in [1.54, 1.807) is 182 Å². The highest BCUT2D eigenvalue weighted by Gasteiger charge is 2.30. The summed E-state index contributed by atoms with van der Waals surface area (Å²) >= 11 is 0. The van der Waals surface area contributed by atoms with Crippen molar-refractivity contribution in [1.29, 1.82) is 21.0 Å². The number of pyridine rings is 2. The van der Waals surface area contributed by atoms with Gasteiger partial charge in [-0.1, -0.05) is 54.6 Å². The molecule has 16 aromatic rings. The van der Waals surface area contributed by atoms with Gasteiger partial charge >= 0.3 is 0 Å². The summed E-state index contributed by atoms with van der Waals surface area (Å²) in [6, 6.07) is 60.8. The molecular formula is C100H83F3N18O8. The van der Waals surface area contributed by atoms with Crippen LogP contribution in [0.1, 0.15) is 125 Å². The van der Waals surface area contributed by atoms with Crippen molar-refractivity contribution in [2.45, 2.75) is 77.9 Å². The number of hydrogen-bond acceptors (Lipinski definition) is 18. The Hall–Kier alpha value is -16.8. The second kappa shape index (κ2) is 39.4. The lowest BCUT2D eigenvalue weighted by molar-refractivity contribution is 0.0778. The van der Waals surface area contributed by atoms with Gasteiger partial charge in [-0.2, -0.15) is 41.4 Å². The van der Waals surface area contributed by atoms with E-state index in [2.05, 4.69) is 62.9 Å². The molecule has 10 aromatic carbocycles. The lowest BCUT2D eigenvalue weighted by Crippen LogP contribution is -2.26. The van der Waals surface area contributed by atoms with E-state index in [9.17, 15) is 48.1 Å². The lowest BCUT2D eigenvalue weighted by atomic mass is 10.00. The minimum absolute atomic E-state index is 0.0631. The van der Waals surface area contributed by atoms with E-state index in [-0.39, 0.29) is 52.8 Å². The van der Waals surface area contributed by atoms with Crippen LogP contribution < -0.4 is 18.9 Å². The number of amides is 4. The molecule has 29 heteroatoms. The largest absolute Gasteiger partial charge is 0.493 e. The van der Waals surface area contributed by atoms with Gasteiger partial charge in [0.05, 0.1) is 119 Å². The van der Waals surface area contributed by atoms with Crippen LogP contribution in [0, 0.1) is 62.8 Å². The van der Waals surface area contributed by atoms with Crippen LogP contribution in [-0.4, -0.2) is 148 Å². The number of aromatic nitrogens is 10. The molecule has 0 atom stereocenters. The van der Waals surface area contributed by atoms with Gasteiger partial charge in [-0.3, -0.25) is 49.5 Å². The highest BCUT2D eigenvalue weighted by molar-refractivity contribution is 5.99. The Morgan fingerprint density at radius 2 is 0.729 bits per heavy atom. The molecule has 4 amide bonds. The second-order valence-electron chi connectivity index (χ2n) is 30.9. The predicted molar refractivity (Wildman–Crippen MR) is 479 cm³/mol. The zero-order valence-corrected chi connectivity index (χ0v) is 70.9. The van der Waals surface area contributed by atoms with Crippen LogP contribution in [0.5, 0.6) is 23.0 Å². The Kier molecular flexibility index (Phi) is 26.6. The maximum atomic E-state index is 14.1. The number of rotatable bonds is 24. The monoisotopic (exact) mass is 1720 g/mol. The Morgan fingerprint density at radius 1 is 0.364 bits per heavy atom. The van der Waals surface area contributed by atoms with E-state index in [0.29, 0.717) is 134 Å². The third-order valence-corrected chi connectivity index (χ3v) is 21.6. The molecule has 2 aliphatic rings. The molecule has 4 N–H and O–H groups in total. The van der Waals surface area contributed by atoms with Crippen LogP contribution in [0.3, 0.4) is 0 Å². The summed E-state index contributed by atoms with van der Waals surface area (Å²) in [5.41, 5.74) is 15.8. The first-order valence-corrected chi connectivity index (χ1v) is 41.3. The Bertz CT molecular complexity index is 7100. The number of halogens is 3. The highest BCUT2D eigenvalue weighted by atomic mass is 19.1. The lowest BCUT2D eigenvalue weighted by Gasteiger charge is -2.19. The molecule has 0 bridgehead atoms. The normalized spacial score (nSPS) is 11.9. The highest BCUT2D eigenvalue weighted by Crippen LogP contribution is 2.41. The number of fused-ring (bicyclic) bond motifs is 4. The summed E-state index contributed by atoms with van der Waals surface area (Å²) in [6.45, 7) is 6.05. The van der Waals surface area contributed by atoms with Crippen molar-refractivity contribution >= 4 is 67.2 Å². The molecule has 6 heterocycles. The van der Waals surface area contributed by atoms with Crippen molar-refractivity contribution in [3.63, 3.8) is 0 Å². The van der Waals surface area contributed by atoms with Crippen molar-refractivity contribution in [2.75, 3.05) is 41.4 Å². The quantitative estimate of drug-likeness (QED) is 0.0436. The number of nitriles is 4. The third-order valence-electron chi connectivity index (χ3n) is 21.6. The Morgan fingerprint density at radius 3 is 1.12 bits per heavy atom. The van der Waals surface area contributed by atoms with Gasteiger partial charge in [-0.05, 0) is 206 Å². The zero-order chi connectivity index (χ0) is 90.4. The van der Waals surface area contributed by atoms with E-state index in [0.717, 1.165) is 104 Å². The van der Waals surface area contributed by atoms with Gasteiger partial charge in [0.25, 0.3) is 23.6 Å². The number of ether oxygens (including phenoxy) is 4. The minimum Gasteiger partial charge on any atom is -0.493 e. The number of aromatic amines is 4. The molecule has 0 spiro atoms. The van der Waals surface area contributed by atoms with Crippen molar-refractivity contribution in [3.8, 4) is 91.8 Å². The van der Waals surface area contributed by atoms with Gasteiger partial charge in [0, 0.05) is 156 Å². The number of carbonyl (C=O) groups is 4. The smallest absolute Gasteiger partial charge is 0.254 e. The second-order valence-corrected chi connectivity index (χ2v) is 30.9. The topological polar surface area (TPSA) is 354 Å². The molecular weight excluding hydrogens is 1640 g/mol. The van der Waals surface area contributed by atoms with Crippen molar-refractivity contribution in [1.82, 2.24) is 70.4 Å². The number of H-pyrrole nitrogens is 4. The van der Waals surface area contributed by atoms with Crippen molar-refractivity contribution < 1.29 is 51.3 Å². The third kappa shape index (κ3) is 20.4. The molecule has 2 fully saturated rings. The number of nitrogens with zero attached hydrogens (tertiary/aromatic N) is 14. The Balaban J connectivity index is 0.000000132. The first kappa shape index (κ1) is 87.1. The summed E-state index contributed by atoms with van der Waals surface area (Å²) in [5, 5.41) is 68.1. The van der Waals surface area contributed by atoms with E-state index in [1.165, 1.54) is 30.3 Å². The van der Waals surface area contributed by atoms with Gasteiger partial charge in [-0.25, -0.2) is 13.2 Å². The van der Waals surface area contributed by atoms with Crippen molar-refractivity contribution in [2.24, 2.45) is 0 Å². The first-order valence-electron chi connectivity index (χ1n) is 41.3. The molecule has 0 unspecified atom stereocenters. The van der Waals surface area contributed by atoms with E-state index < -0.39 is 11.6 Å². The van der Waals surface area contributed by atoms with Crippen molar-refractivity contribution in [3.05, 3.63) is 322 Å². The standard InChI is InChI=1S/C27H20FN5O2.C26H20FN5O2.C24H21FN4O2.C23H22N4O2/c1-33(15-19-3-2-18(13-30)24-14-31-32-26(19)24)27(34)17-4-7-23(25(11-17)35-22-5-6-22)20-8-16(12-29)9-21(28)10-20;1-3-34-24-11-17(6-7-22(24)20-8-16(12-28)9-21(27)10-20)26(33)32(2)15-19-5-4-18(13-29)23-14-30-31-25(19)23;1-29(14-18-12-26-11-17-13-27-28-23(17)18)24(30)16-5-8-21(15-3-2-4-19(25)9-15)22(10-16)31-20-6-7-20;1-3-29-21-11-17(9-10-20(21)16-7-5-4-6-8-16)23(28)27(2)15-19-13-24-12-18-14-25-26-22(18)19/h2-4,7-11,14,22H,5-6,15H2,1H3,(H,31,32);4-11,14H,3,15H2,1-2H3,(H,30,31);2-5,8-13,20H,6-7,14H2,1H3,(H,27,28);4-14H,3,15H2,1-2H3,(H,25,26). The summed E-state index contributed by atoms with van der Waals surface area (Å²) in [7, 11) is 6.91. The van der Waals surface area contributed by atoms with Gasteiger partial charge in [-0.15, -0.1) is 0 Å². The van der Waals surface area contributed by atoms with E-state index in [1.807, 2.05) is 92.7 Å². The minimum atomic E-state index is -0.524. The zero-order valence-electron chi connectivity index (χ0n) is 70.9. The maximum Gasteiger partial charge on any atom is 0.254 e. The average molecular weight is 1720 g/mol. The van der Waals surface area contributed by atoms with Gasteiger partial charge in [0.2, 0.25) is 0 Å². The summed E-state index contributed by atoms with van der Waals surface area (Å²) in [6.07, 6.45) is 17.6. The summed E-state index contributed by atoms with van der Waals surface area (Å²) in [4.78, 5) is 67.6. The molecule has 26 nitrogen and oxygen atoms in total. The van der Waals surface area contributed by atoms with Gasteiger partial charge in [0.15, 0.2) is 0 Å². The summed E-state index contributed by atoms with van der Waals surface area (Å²) in [5.74, 6) is 0.197. The number of hydrogen-bond donors (Lipinski definition) is 4. The van der Waals surface area contributed by atoms with Gasteiger partial charge in [0.1, 0.15) is 40.4 Å². The van der Waals surface area contributed by atoms with Crippen LogP contribution in [0.15, 0.2) is 238 Å². The fourth-order valence-corrected chi connectivity index (χ4v) is 14.9. The predicted octanol–water partition coefficient (Wildman–Crippen LogP) is 18.6. The van der Waals surface area contributed by atoms with E-state index in [4.69, 9.17) is 24.2 Å². The molecule has 0 aliphatic heterocycles. The molecule has 129 heavy (non-hydrogen) atoms. The molecule has 642 valence electrons. The molecule has 0 radical (unpaired) electrons. The first-order chi connectivity index (χ1) is 62.7. The SMILES string of the molecule is CCOc1cc(C(=O)N(C)Cc2ccc(C#N)c3cn[nH]c23)ccc1-c1cc(F)cc(C#N)c1.CCOc1cc(C(=O)N(C)Cc2cncc3cn[nH]c23)ccc1-c1ccccc1.CN(Cc1ccc(C#N)c2cn[nH]c12)C(=O)c1ccc(-c2cc(F)cc(C#N)c2)c(OC2CC2)c1.CN(Cc1cncc2cn[nH]c12)C(=O)c1ccc(-c2cccc(F)c2)c(OC2CC2)c1. The molecule has 2 saturated carbocycles. The number of benzene rings is 10. The van der Waals surface area contributed by atoms with Crippen LogP contribution >= 0.6 is 0 Å². The van der Waals surface area contributed by atoms with Crippen LogP contribution in [0.2, 0.25) is 0 Å². The fourth-order valence-electron chi connectivity index (χ4n) is 14.9. The average Bonchev–Trinajstić information content (AvgIpc) is 1.77. The fraction of sp³-hybridized carbons (Fsp3) is 0.180. The number of nitrogens with one attached hydrogen (secondary N) is 4. The van der Waals surface area contributed by atoms with Gasteiger partial charge < -0.3 is 38.5 Å². The van der Waals surface area contributed by atoms with Crippen LogP contribution in [0.4, 0.5) is 13.2 Å². The number of carbonyl (C=O) groups excluding carboxylic acids is 4. The van der Waals surface area contributed by atoms with E-state index >= 15 is 0 Å². The summed E-state index contributed by atoms with van der Waals surface area (Å²) < 4.78 is 65.6. The Labute approximate surface area is 739 Å². The molecule has 6 aromatic heterocycles. The molecule has 2 aliphatic carbocycles. The maximum absolute atomic E-state index is 14.1.